The molecule has 0 radical (unpaired) electrons. The van der Waals surface area contributed by atoms with Gasteiger partial charge in [0.25, 0.3) is 0 Å². The maximum atomic E-state index is 6.30. The van der Waals surface area contributed by atoms with Crippen LogP contribution in [-0.2, 0) is 44.7 Å². The van der Waals surface area contributed by atoms with Crippen molar-refractivity contribution in [3.05, 3.63) is 342 Å². The molecule has 18 rings (SSSR count). The van der Waals surface area contributed by atoms with Gasteiger partial charge in [0, 0.05) is 158 Å². The zero-order valence-corrected chi connectivity index (χ0v) is 63.0. The molecule has 112 heavy (non-hydrogen) atoms. The third-order valence-corrected chi connectivity index (χ3v) is 20.7. The largest absolute Gasteiger partial charge is 0.491 e. The van der Waals surface area contributed by atoms with Gasteiger partial charge in [-0.05, 0) is 178 Å². The second-order valence-electron chi connectivity index (χ2n) is 28.4. The number of aromatic amines is 3. The Morgan fingerprint density at radius 1 is 0.295 bits per heavy atom. The van der Waals surface area contributed by atoms with E-state index in [-0.39, 0.29) is 0 Å². The number of benzene rings is 2. The topological polar surface area (TPSA) is 170 Å². The molecule has 18 nitrogen and oxygen atoms in total. The van der Waals surface area contributed by atoms with Gasteiger partial charge in [0.1, 0.15) is 60.0 Å². The summed E-state index contributed by atoms with van der Waals surface area (Å²) in [7, 11) is 12.2. The van der Waals surface area contributed by atoms with Gasteiger partial charge in [-0.1, -0.05) is 24.3 Å². The van der Waals surface area contributed by atoms with E-state index in [0.29, 0.717) is 45.4 Å². The summed E-state index contributed by atoms with van der Waals surface area (Å²) in [6.07, 6.45) is 50.2. The Balaban J connectivity index is 0.564. The lowest BCUT2D eigenvalue weighted by atomic mass is 9.98. The first-order valence-electron chi connectivity index (χ1n) is 37.6. The number of H-pyrrole nitrogens is 3. The number of hydrogen-bond donors (Lipinski definition) is 3. The Kier molecular flexibility index (Phi) is 18.8. The average molecular weight is 1470 g/mol. The van der Waals surface area contributed by atoms with E-state index in [2.05, 4.69) is 288 Å². The second kappa shape index (κ2) is 30.3. The van der Waals surface area contributed by atoms with Gasteiger partial charge in [-0.15, -0.1) is 0 Å². The first-order valence-corrected chi connectivity index (χ1v) is 37.6. The number of ether oxygens (including phenoxy) is 4. The highest BCUT2D eigenvalue weighted by Gasteiger charge is 2.29. The predicted molar refractivity (Wildman–Crippen MR) is 442 cm³/mol. The molecule has 0 fully saturated rings. The number of aromatic nitrogens is 10. The number of nitrogens with zero attached hydrogens (tertiary/aromatic N) is 11. The van der Waals surface area contributed by atoms with Crippen molar-refractivity contribution < 1.29 is 41.8 Å². The van der Waals surface area contributed by atoms with E-state index in [9.17, 15) is 0 Å². The van der Waals surface area contributed by atoms with Crippen LogP contribution in [0.3, 0.4) is 0 Å². The number of allylic oxidation sites excluding steroid dienone is 12. The molecule has 7 aliphatic heterocycles. The SMILES string of the molecule is CN1C=CC(=C2C3=NC(=C(c4cc[n+](C)cc4)C4=NC(=C(c5ccc(OCCOCCOCCOc6ccc(-c7c8nc(c(-c9cc[n+](C)cc9)c9nc(c(-c%10cc[n+](C)cc%10)c%10ccc([nH]%10)c(-c%10cc[n+](C)cc%10)c%10ccc7[nH]%10)C=C9)C=C8)cc6)cc5)C5=NC(=C(c6cc[n+](C)cc6)c6ccc2[nH]6)C=C5)C=C4)C=C3)C=C1. The summed E-state index contributed by atoms with van der Waals surface area (Å²) in [4.78, 5) is 41.1. The second-order valence-corrected chi connectivity index (χ2v) is 28.4. The van der Waals surface area contributed by atoms with Crippen LogP contribution in [0, 0.1) is 0 Å². The Morgan fingerprint density at radius 2 is 0.616 bits per heavy atom. The molecular weight excluding hydrogens is 1390 g/mol. The average Bonchev–Trinajstić information content (AvgIpc) is 1.62. The van der Waals surface area contributed by atoms with Crippen molar-refractivity contribution in [3.63, 3.8) is 0 Å². The monoisotopic (exact) mass is 1470 g/mol. The molecular formula is C94H81N14O4+5. The number of nitrogens with one attached hydrogen (secondary N) is 3. The number of fused-ring (bicyclic) bond motifs is 13. The summed E-state index contributed by atoms with van der Waals surface area (Å²) < 4.78 is 34.8. The van der Waals surface area contributed by atoms with Gasteiger partial charge in [-0.3, -0.25) is 0 Å². The van der Waals surface area contributed by atoms with Gasteiger partial charge in [-0.2, -0.15) is 0 Å². The summed E-state index contributed by atoms with van der Waals surface area (Å²) in [5, 5.41) is 0. The van der Waals surface area contributed by atoms with E-state index >= 15 is 0 Å². The van der Waals surface area contributed by atoms with Gasteiger partial charge in [0.2, 0.25) is 0 Å². The maximum Gasteiger partial charge on any atom is 0.169 e. The van der Waals surface area contributed by atoms with E-state index < -0.39 is 0 Å². The minimum absolute atomic E-state index is 0.353. The van der Waals surface area contributed by atoms with Crippen molar-refractivity contribution in [3.8, 4) is 56.0 Å². The Hall–Kier alpha value is -13.9. The zero-order valence-electron chi connectivity index (χ0n) is 63.0. The standard InChI is InChI=1S/C94H80N14O4/c1-103-43-31-63(32-44-103)89-75-19-15-71(95-75)87(72-16-20-76(96-72)90(64-33-45-104(2)46-34-64)80-24-28-84(100-80)93(83-27-23-79(89)99-83)67-39-51-107(5)52-40-67)61-7-11-69(12-8-61)111-59-57-109-55-56-110-58-60-112-70-13-9-62(10-14-70)88-73-17-21-77(97-73)91(65-35-47-105(3)48-36-65)81-25-29-85(101-81)94(68-41-53-108(6)54-42-68)86-30-26-82(102-86)92(78-22-18-74(88)98-78)66-37-49-106(4)50-38-66/h7-54H,55-60H2,1-6H3,(H2,95,96,97,98,99,100,101,102)/q+4/p+1. The van der Waals surface area contributed by atoms with Crippen molar-refractivity contribution in [2.75, 3.05) is 46.7 Å². The fraction of sp³-hybridized carbons (Fsp3) is 0.128. The summed E-state index contributed by atoms with van der Waals surface area (Å²) in [5.74, 6) is 1.44. The molecule has 0 spiro atoms. The predicted octanol–water partition coefficient (Wildman–Crippen LogP) is 14.6. The van der Waals surface area contributed by atoms with Gasteiger partial charge >= 0.3 is 0 Å². The first-order chi connectivity index (χ1) is 54.9. The first kappa shape index (κ1) is 69.8. The summed E-state index contributed by atoms with van der Waals surface area (Å²) in [6.45, 7) is 2.27. The highest BCUT2D eigenvalue weighted by Crippen LogP contribution is 2.42. The van der Waals surface area contributed by atoms with Crippen LogP contribution < -0.4 is 32.3 Å². The van der Waals surface area contributed by atoms with Crippen LogP contribution in [0.2, 0.25) is 0 Å². The minimum Gasteiger partial charge on any atom is -0.491 e. The third kappa shape index (κ3) is 14.2. The fourth-order valence-electron chi connectivity index (χ4n) is 15.0. The van der Waals surface area contributed by atoms with Crippen LogP contribution in [0.15, 0.2) is 306 Å². The van der Waals surface area contributed by atoms with E-state index in [1.54, 1.807) is 0 Å². The number of hydrogen-bond acceptors (Lipinski definition) is 10. The zero-order chi connectivity index (χ0) is 75.8. The molecule has 546 valence electrons. The van der Waals surface area contributed by atoms with E-state index in [0.717, 1.165) is 185 Å². The van der Waals surface area contributed by atoms with E-state index in [1.807, 2.05) is 89.7 Å². The van der Waals surface area contributed by atoms with Crippen molar-refractivity contribution in [2.45, 2.75) is 0 Å². The van der Waals surface area contributed by atoms with Crippen LogP contribution in [0.5, 0.6) is 11.5 Å². The molecule has 16 heterocycles. The molecule has 9 aromatic heterocycles. The Morgan fingerprint density at radius 3 is 1.05 bits per heavy atom. The molecule has 0 amide bonds. The molecule has 3 N–H and O–H groups in total. The molecule has 16 bridgehead atoms. The number of pyridine rings is 5. The quantitative estimate of drug-likeness (QED) is 0.0567. The van der Waals surface area contributed by atoms with Gasteiger partial charge in [0.05, 0.1) is 83.4 Å². The Bertz CT molecular complexity index is 6230. The number of rotatable bonds is 18. The molecule has 11 aromatic rings. The highest BCUT2D eigenvalue weighted by molar-refractivity contribution is 6.37. The summed E-state index contributed by atoms with van der Waals surface area (Å²) >= 11 is 0. The highest BCUT2D eigenvalue weighted by atomic mass is 16.6. The summed E-state index contributed by atoms with van der Waals surface area (Å²) in [6, 6.07) is 50.7. The molecule has 0 saturated heterocycles. The molecule has 2 aromatic carbocycles. The van der Waals surface area contributed by atoms with E-state index in [1.165, 1.54) is 0 Å². The molecule has 0 aliphatic carbocycles. The van der Waals surface area contributed by atoms with Crippen molar-refractivity contribution in [2.24, 2.45) is 50.2 Å². The summed E-state index contributed by atoms with van der Waals surface area (Å²) in [5.41, 5.74) is 29.5. The van der Waals surface area contributed by atoms with Crippen molar-refractivity contribution in [1.29, 1.82) is 0 Å². The van der Waals surface area contributed by atoms with Gasteiger partial charge in [-0.25, -0.2) is 47.8 Å². The van der Waals surface area contributed by atoms with Gasteiger partial charge in [0.15, 0.2) is 62.0 Å². The van der Waals surface area contributed by atoms with Crippen LogP contribution in [0.1, 0.15) is 50.9 Å². The van der Waals surface area contributed by atoms with E-state index in [4.69, 9.17) is 43.9 Å². The normalized spacial score (nSPS) is 14.7. The number of aliphatic imine (C=N–C) groups is 3. The molecule has 0 unspecified atom stereocenters. The molecule has 0 atom stereocenters. The lowest BCUT2D eigenvalue weighted by Gasteiger charge is -2.16. The Labute approximate surface area is 648 Å². The molecule has 0 saturated carbocycles. The molecule has 7 aliphatic rings. The van der Waals surface area contributed by atoms with Crippen molar-refractivity contribution in [1.82, 2.24) is 29.8 Å². The lowest BCUT2D eigenvalue weighted by Crippen LogP contribution is -2.26. The van der Waals surface area contributed by atoms with Crippen LogP contribution in [0.25, 0.3) is 113 Å². The molecule has 18 heteroatoms. The fourth-order valence-corrected chi connectivity index (χ4v) is 15.0. The lowest BCUT2D eigenvalue weighted by molar-refractivity contribution is -0.671. The maximum absolute atomic E-state index is 6.30. The number of aryl methyl sites for hydroxylation is 5. The van der Waals surface area contributed by atoms with Crippen LogP contribution in [0.4, 0.5) is 0 Å². The van der Waals surface area contributed by atoms with Crippen LogP contribution in [-0.4, -0.2) is 93.6 Å². The third-order valence-electron chi connectivity index (χ3n) is 20.7. The van der Waals surface area contributed by atoms with Crippen molar-refractivity contribution >= 4 is 85.8 Å². The van der Waals surface area contributed by atoms with Crippen LogP contribution >= 0.6 is 0 Å². The smallest absolute Gasteiger partial charge is 0.169 e. The minimum atomic E-state index is 0.353. The van der Waals surface area contributed by atoms with Gasteiger partial charge < -0.3 is 38.8 Å².